The summed E-state index contributed by atoms with van der Waals surface area (Å²) < 4.78 is 6.93. The Morgan fingerprint density at radius 1 is 0.288 bits per heavy atom. The Bertz CT molecular complexity index is 3200. The lowest BCUT2D eigenvalue weighted by atomic mass is 9.94. The third-order valence-corrected chi connectivity index (χ3v) is 10.8. The summed E-state index contributed by atoms with van der Waals surface area (Å²) in [5.41, 5.74) is 7.32. The number of furan rings is 1. The van der Waals surface area contributed by atoms with Crippen LogP contribution in [0.5, 0.6) is 0 Å². The predicted molar refractivity (Wildman–Crippen MR) is 221 cm³/mol. The maximum atomic E-state index is 6.93. The van der Waals surface area contributed by atoms with Gasteiger partial charge in [-0.2, -0.15) is 0 Å². The third-order valence-electron chi connectivity index (χ3n) is 10.8. The molecule has 0 atom stereocenters. The van der Waals surface area contributed by atoms with Gasteiger partial charge in [0.15, 0.2) is 0 Å². The minimum Gasteiger partial charge on any atom is -0.455 e. The van der Waals surface area contributed by atoms with Gasteiger partial charge in [0, 0.05) is 21.7 Å². The molecule has 0 radical (unpaired) electrons. The van der Waals surface area contributed by atoms with Gasteiger partial charge >= 0.3 is 0 Å². The fourth-order valence-electron chi connectivity index (χ4n) is 8.50. The zero-order valence-corrected chi connectivity index (χ0v) is 28.3. The number of fused-ring (bicyclic) bond motifs is 10. The second-order valence-electron chi connectivity index (χ2n) is 13.6. The van der Waals surface area contributed by atoms with Crippen molar-refractivity contribution in [1.82, 2.24) is 0 Å². The second-order valence-corrected chi connectivity index (χ2v) is 13.6. The number of para-hydroxylation sites is 1. The Hall–Kier alpha value is -6.90. The van der Waals surface area contributed by atoms with Gasteiger partial charge in [0.05, 0.1) is 22.4 Å². The highest BCUT2D eigenvalue weighted by Crippen LogP contribution is 2.50. The topological polar surface area (TPSA) is 16.4 Å². The van der Waals surface area contributed by atoms with Gasteiger partial charge in [-0.05, 0) is 79.0 Å². The van der Waals surface area contributed by atoms with Crippen molar-refractivity contribution in [3.8, 4) is 11.1 Å². The van der Waals surface area contributed by atoms with Gasteiger partial charge in [-0.3, -0.25) is 0 Å². The molecule has 11 aromatic rings. The summed E-state index contributed by atoms with van der Waals surface area (Å²) >= 11 is 0. The number of benzene rings is 10. The van der Waals surface area contributed by atoms with Gasteiger partial charge in [0.2, 0.25) is 0 Å². The van der Waals surface area contributed by atoms with Gasteiger partial charge in [-0.1, -0.05) is 158 Å². The van der Waals surface area contributed by atoms with E-state index >= 15 is 0 Å². The largest absolute Gasteiger partial charge is 0.455 e. The molecule has 1 heterocycles. The lowest BCUT2D eigenvalue weighted by molar-refractivity contribution is 0.670. The van der Waals surface area contributed by atoms with E-state index in [0.29, 0.717) is 0 Å². The van der Waals surface area contributed by atoms with E-state index in [0.717, 1.165) is 50.1 Å². The molecule has 0 aliphatic heterocycles. The maximum Gasteiger partial charge on any atom is 0.145 e. The summed E-state index contributed by atoms with van der Waals surface area (Å²) in [4.78, 5) is 2.49. The summed E-state index contributed by atoms with van der Waals surface area (Å²) in [7, 11) is 0. The van der Waals surface area contributed by atoms with Gasteiger partial charge in [0.1, 0.15) is 11.2 Å². The molecule has 11 rings (SSSR count). The van der Waals surface area contributed by atoms with E-state index in [-0.39, 0.29) is 0 Å². The fourth-order valence-corrected chi connectivity index (χ4v) is 8.50. The fraction of sp³-hybridized carbons (Fsp3) is 0. The summed E-state index contributed by atoms with van der Waals surface area (Å²) in [5.74, 6) is 0. The molecule has 0 spiro atoms. The molecule has 0 saturated heterocycles. The van der Waals surface area contributed by atoms with E-state index in [1.807, 2.05) is 0 Å². The van der Waals surface area contributed by atoms with Crippen molar-refractivity contribution in [3.63, 3.8) is 0 Å². The van der Waals surface area contributed by atoms with Crippen molar-refractivity contribution in [1.29, 1.82) is 0 Å². The number of hydrogen-bond acceptors (Lipinski definition) is 2. The molecule has 1 aromatic heterocycles. The zero-order chi connectivity index (χ0) is 34.2. The number of anilines is 3. The summed E-state index contributed by atoms with van der Waals surface area (Å²) in [6, 6.07) is 68.1. The average molecular weight is 662 g/mol. The highest BCUT2D eigenvalue weighted by molar-refractivity contribution is 6.23. The molecule has 10 aromatic carbocycles. The van der Waals surface area contributed by atoms with Crippen LogP contribution in [-0.2, 0) is 0 Å². The first-order valence-corrected chi connectivity index (χ1v) is 17.9. The molecular formula is C50H31NO. The number of nitrogens with zero attached hydrogens (tertiary/aromatic N) is 1. The van der Waals surface area contributed by atoms with E-state index < -0.39 is 0 Å². The van der Waals surface area contributed by atoms with Crippen molar-refractivity contribution < 1.29 is 4.42 Å². The predicted octanol–water partition coefficient (Wildman–Crippen LogP) is 14.5. The quantitative estimate of drug-likeness (QED) is 0.175. The minimum atomic E-state index is 0.874. The van der Waals surface area contributed by atoms with Crippen molar-refractivity contribution in [2.45, 2.75) is 0 Å². The molecule has 0 saturated carbocycles. The van der Waals surface area contributed by atoms with Crippen LogP contribution in [0.4, 0.5) is 17.1 Å². The van der Waals surface area contributed by atoms with Crippen molar-refractivity contribution in [2.24, 2.45) is 0 Å². The van der Waals surface area contributed by atoms with Gasteiger partial charge in [-0.15, -0.1) is 0 Å². The molecule has 52 heavy (non-hydrogen) atoms. The molecule has 0 fully saturated rings. The molecular weight excluding hydrogens is 631 g/mol. The molecule has 0 bridgehead atoms. The molecule has 2 nitrogen and oxygen atoms in total. The molecule has 0 amide bonds. The molecule has 242 valence electrons. The lowest BCUT2D eigenvalue weighted by Crippen LogP contribution is -2.12. The Morgan fingerprint density at radius 2 is 0.846 bits per heavy atom. The minimum absolute atomic E-state index is 0.874. The highest BCUT2D eigenvalue weighted by Gasteiger charge is 2.25. The van der Waals surface area contributed by atoms with Crippen LogP contribution < -0.4 is 4.90 Å². The van der Waals surface area contributed by atoms with Crippen molar-refractivity contribution in [3.05, 3.63) is 188 Å². The zero-order valence-electron chi connectivity index (χ0n) is 28.3. The van der Waals surface area contributed by atoms with Gasteiger partial charge < -0.3 is 9.32 Å². The highest BCUT2D eigenvalue weighted by atomic mass is 16.3. The van der Waals surface area contributed by atoms with Crippen LogP contribution in [0, 0.1) is 0 Å². The third kappa shape index (κ3) is 4.25. The van der Waals surface area contributed by atoms with Crippen LogP contribution in [0.3, 0.4) is 0 Å². The van der Waals surface area contributed by atoms with E-state index in [1.165, 1.54) is 53.9 Å². The molecule has 0 unspecified atom stereocenters. The van der Waals surface area contributed by atoms with E-state index in [4.69, 9.17) is 4.42 Å². The van der Waals surface area contributed by atoms with Crippen LogP contribution in [0.1, 0.15) is 0 Å². The smallest absolute Gasteiger partial charge is 0.145 e. The van der Waals surface area contributed by atoms with Crippen LogP contribution in [0.15, 0.2) is 192 Å². The number of hydrogen-bond donors (Lipinski definition) is 0. The van der Waals surface area contributed by atoms with Gasteiger partial charge in [-0.25, -0.2) is 0 Å². The van der Waals surface area contributed by atoms with Crippen LogP contribution in [0.2, 0.25) is 0 Å². The van der Waals surface area contributed by atoms with E-state index in [1.54, 1.807) is 0 Å². The first-order valence-electron chi connectivity index (χ1n) is 17.9. The van der Waals surface area contributed by atoms with Crippen LogP contribution in [-0.4, -0.2) is 0 Å². The SMILES string of the molecule is c1ccc2c(-c3ccc(N(c4cccc5c4ccc4ccccc45)c4cccc5ccc6ccccc6c45)c4c3oc3ccccc34)cccc2c1. The monoisotopic (exact) mass is 661 g/mol. The second kappa shape index (κ2) is 11.3. The maximum absolute atomic E-state index is 6.93. The molecule has 0 aliphatic carbocycles. The van der Waals surface area contributed by atoms with Crippen molar-refractivity contribution >= 4 is 92.9 Å². The molecule has 2 heteroatoms. The van der Waals surface area contributed by atoms with Crippen LogP contribution >= 0.6 is 0 Å². The normalized spacial score (nSPS) is 11.8. The van der Waals surface area contributed by atoms with Crippen LogP contribution in [0.25, 0.3) is 86.9 Å². The number of rotatable bonds is 4. The first kappa shape index (κ1) is 28.9. The standard InChI is InChI=1S/C50H31NO/c1-4-17-36-32(12-1)15-9-21-40(36)42-30-31-46(49-43-20-7-8-25-47(43)52-50(42)49)51(44-23-11-22-39-37-18-5-2-13-33(37)28-29-41(39)44)45-24-10-16-35-27-26-34-14-3-6-19-38(34)48(35)45/h1-31H. The van der Waals surface area contributed by atoms with Gasteiger partial charge in [0.25, 0.3) is 0 Å². The summed E-state index contributed by atoms with van der Waals surface area (Å²) in [6.07, 6.45) is 0. The molecule has 0 N–H and O–H groups in total. The summed E-state index contributed by atoms with van der Waals surface area (Å²) in [6.45, 7) is 0. The van der Waals surface area contributed by atoms with E-state index in [2.05, 4.69) is 193 Å². The lowest BCUT2D eigenvalue weighted by Gasteiger charge is -2.29. The Labute approximate surface area is 300 Å². The van der Waals surface area contributed by atoms with Crippen molar-refractivity contribution in [2.75, 3.05) is 4.90 Å². The van der Waals surface area contributed by atoms with E-state index in [9.17, 15) is 0 Å². The molecule has 0 aliphatic rings. The Balaban J connectivity index is 1.30. The average Bonchev–Trinajstić information content (AvgIpc) is 3.61. The Morgan fingerprint density at radius 3 is 1.71 bits per heavy atom. The summed E-state index contributed by atoms with van der Waals surface area (Å²) in [5, 5.41) is 14.4. The first-order chi connectivity index (χ1) is 25.8. The Kier molecular flexibility index (Phi) is 6.28.